The van der Waals surface area contributed by atoms with Gasteiger partial charge in [0.15, 0.2) is 0 Å². The number of aliphatic hydroxyl groups is 1. The highest BCUT2D eigenvalue weighted by Crippen LogP contribution is 2.60. The van der Waals surface area contributed by atoms with E-state index < -0.39 is 53.7 Å². The lowest BCUT2D eigenvalue weighted by Gasteiger charge is -2.41. The summed E-state index contributed by atoms with van der Waals surface area (Å²) in [4.78, 5) is 60.4. The molecule has 0 aromatic heterocycles. The molecule has 3 amide bonds. The maximum atomic E-state index is 15.1. The van der Waals surface area contributed by atoms with Crippen molar-refractivity contribution in [1.29, 1.82) is 0 Å². The van der Waals surface area contributed by atoms with Crippen molar-refractivity contribution < 1.29 is 33.8 Å². The SMILES string of the molecule is C=CCCC(=O)N[C@@H](C)[C@H](OC(=O)[C@@H]1[C@H]2C(=O)N([C@@H](CO)[C@@H](C)CC)[C@H](C(=O)N(CC=C)c3c(C)cccc3C)[C@]23CC[C@H]1O3)c1ccccc1. The first-order valence-corrected chi connectivity index (χ1v) is 18.2. The van der Waals surface area contributed by atoms with Crippen LogP contribution in [-0.4, -0.2) is 76.7 Å². The van der Waals surface area contributed by atoms with Gasteiger partial charge in [0.1, 0.15) is 17.7 Å². The van der Waals surface area contributed by atoms with Gasteiger partial charge in [0.05, 0.1) is 36.6 Å². The number of allylic oxidation sites excluding steroid dienone is 1. The summed E-state index contributed by atoms with van der Waals surface area (Å²) in [5, 5.41) is 13.7. The van der Waals surface area contributed by atoms with Gasteiger partial charge in [-0.25, -0.2) is 0 Å². The van der Waals surface area contributed by atoms with Crippen molar-refractivity contribution in [2.24, 2.45) is 17.8 Å². The van der Waals surface area contributed by atoms with E-state index in [-0.39, 0.29) is 43.2 Å². The zero-order valence-electron chi connectivity index (χ0n) is 30.5. The Hall–Kier alpha value is -4.28. The fourth-order valence-electron chi connectivity index (χ4n) is 8.55. The molecule has 0 unspecified atom stereocenters. The fourth-order valence-corrected chi connectivity index (χ4v) is 8.55. The maximum Gasteiger partial charge on any atom is 0.313 e. The number of fused-ring (bicyclic) bond motifs is 1. The van der Waals surface area contributed by atoms with E-state index in [0.717, 1.165) is 16.8 Å². The Morgan fingerprint density at radius 1 is 1.10 bits per heavy atom. The standard InChI is InChI=1S/C41H53N3O7/c1-8-11-20-32(46)42-28(7)36(29-18-13-12-14-19-29)50-40(49)33-31-21-22-41(51-31)34(33)38(47)44(30(24-45)25(4)10-3)37(41)39(48)43(23-9-2)35-26(5)16-15-17-27(35)6/h8-9,12-19,25,28,30-31,33-34,36-37,45H,1-2,10-11,20-24H2,3-7H3,(H,42,46)/t25-,28-,30-,31+,33-,34-,36-,37+,41-/m0/s1. The van der Waals surface area contributed by atoms with Crippen LogP contribution in [0.25, 0.3) is 0 Å². The average molecular weight is 700 g/mol. The number of nitrogens with one attached hydrogen (secondary N) is 1. The van der Waals surface area contributed by atoms with E-state index in [2.05, 4.69) is 18.5 Å². The van der Waals surface area contributed by atoms with Crippen molar-refractivity contribution >= 4 is 29.4 Å². The van der Waals surface area contributed by atoms with Crippen LogP contribution in [0, 0.1) is 31.6 Å². The second-order valence-corrected chi connectivity index (χ2v) is 14.4. The fraction of sp³-hybridized carbons (Fsp3) is 0.512. The number of anilines is 1. The number of aryl methyl sites for hydroxylation is 2. The first-order valence-electron chi connectivity index (χ1n) is 18.2. The number of rotatable bonds is 16. The molecule has 51 heavy (non-hydrogen) atoms. The number of ether oxygens (including phenoxy) is 2. The summed E-state index contributed by atoms with van der Waals surface area (Å²) in [6, 6.07) is 12.7. The van der Waals surface area contributed by atoms with Crippen LogP contribution in [0.5, 0.6) is 0 Å². The normalized spacial score (nSPS) is 25.8. The Morgan fingerprint density at radius 3 is 2.39 bits per heavy atom. The van der Waals surface area contributed by atoms with Crippen molar-refractivity contribution in [2.45, 2.75) is 103 Å². The number of hydrogen-bond donors (Lipinski definition) is 2. The Morgan fingerprint density at radius 2 is 1.78 bits per heavy atom. The molecule has 274 valence electrons. The second kappa shape index (κ2) is 15.9. The molecule has 2 aromatic carbocycles. The smallest absolute Gasteiger partial charge is 0.313 e. The predicted octanol–water partition coefficient (Wildman–Crippen LogP) is 5.36. The van der Waals surface area contributed by atoms with Gasteiger partial charge in [0.25, 0.3) is 5.91 Å². The monoisotopic (exact) mass is 699 g/mol. The van der Waals surface area contributed by atoms with Crippen LogP contribution in [0.1, 0.15) is 75.7 Å². The predicted molar refractivity (Wildman–Crippen MR) is 196 cm³/mol. The van der Waals surface area contributed by atoms with Crippen LogP contribution in [0.15, 0.2) is 73.8 Å². The highest BCUT2D eigenvalue weighted by atomic mass is 16.6. The Bertz CT molecular complexity index is 1610. The summed E-state index contributed by atoms with van der Waals surface area (Å²) in [5.74, 6) is -3.66. The van der Waals surface area contributed by atoms with Crippen LogP contribution in [-0.2, 0) is 28.7 Å². The highest BCUT2D eigenvalue weighted by molar-refractivity contribution is 6.05. The molecule has 2 bridgehead atoms. The van der Waals surface area contributed by atoms with Gasteiger partial charge in [0, 0.05) is 18.7 Å². The zero-order chi connectivity index (χ0) is 37.0. The van der Waals surface area contributed by atoms with E-state index in [4.69, 9.17) is 9.47 Å². The number of carbonyl (C=O) groups excluding carboxylic acids is 4. The van der Waals surface area contributed by atoms with Gasteiger partial charge >= 0.3 is 5.97 Å². The number of nitrogens with zero attached hydrogens (tertiary/aromatic N) is 2. The molecule has 0 aliphatic carbocycles. The van der Waals surface area contributed by atoms with Crippen LogP contribution in [0.4, 0.5) is 5.69 Å². The number of para-hydroxylation sites is 1. The lowest BCUT2D eigenvalue weighted by Crippen LogP contribution is -2.60. The molecular formula is C41H53N3O7. The molecular weight excluding hydrogens is 646 g/mol. The van der Waals surface area contributed by atoms with Gasteiger partial charge in [-0.05, 0) is 62.6 Å². The summed E-state index contributed by atoms with van der Waals surface area (Å²) in [7, 11) is 0. The molecule has 0 radical (unpaired) electrons. The summed E-state index contributed by atoms with van der Waals surface area (Å²) in [6.07, 6.45) is 4.13. The van der Waals surface area contributed by atoms with Crippen LogP contribution >= 0.6 is 0 Å². The maximum absolute atomic E-state index is 15.1. The van der Waals surface area contributed by atoms with Crippen LogP contribution < -0.4 is 10.2 Å². The van der Waals surface area contributed by atoms with E-state index in [1.165, 1.54) is 4.90 Å². The molecule has 2 N–H and O–H groups in total. The Labute approximate surface area is 301 Å². The first kappa shape index (κ1) is 38.0. The van der Waals surface area contributed by atoms with Gasteiger partial charge in [-0.15, -0.1) is 13.2 Å². The molecule has 10 nitrogen and oxygen atoms in total. The molecule has 3 aliphatic rings. The van der Waals surface area contributed by atoms with Gasteiger partial charge < -0.3 is 29.7 Å². The van der Waals surface area contributed by atoms with Crippen molar-refractivity contribution in [3.63, 3.8) is 0 Å². The van der Waals surface area contributed by atoms with Crippen molar-refractivity contribution in [2.75, 3.05) is 18.1 Å². The van der Waals surface area contributed by atoms with Crippen molar-refractivity contribution in [3.05, 3.63) is 90.5 Å². The molecule has 2 aromatic rings. The molecule has 3 saturated heterocycles. The van der Waals surface area contributed by atoms with Crippen molar-refractivity contribution in [3.8, 4) is 0 Å². The topological polar surface area (TPSA) is 125 Å². The summed E-state index contributed by atoms with van der Waals surface area (Å²) < 4.78 is 13.0. The lowest BCUT2D eigenvalue weighted by molar-refractivity contribution is -0.162. The van der Waals surface area contributed by atoms with E-state index in [1.807, 2.05) is 76.2 Å². The minimum atomic E-state index is -1.30. The van der Waals surface area contributed by atoms with Gasteiger partial charge in [-0.2, -0.15) is 0 Å². The largest absolute Gasteiger partial charge is 0.455 e. The van der Waals surface area contributed by atoms with Crippen LogP contribution in [0.2, 0.25) is 0 Å². The number of carbonyl (C=O) groups is 4. The molecule has 5 rings (SSSR count). The Balaban J connectivity index is 1.55. The third kappa shape index (κ3) is 7.00. The summed E-state index contributed by atoms with van der Waals surface area (Å²) in [6.45, 7) is 17.1. The molecule has 0 saturated carbocycles. The van der Waals surface area contributed by atoms with Gasteiger partial charge in [-0.3, -0.25) is 19.2 Å². The molecule has 10 heteroatoms. The van der Waals surface area contributed by atoms with Gasteiger partial charge in [-0.1, -0.05) is 81.0 Å². The number of amides is 3. The second-order valence-electron chi connectivity index (χ2n) is 14.4. The van der Waals surface area contributed by atoms with Crippen LogP contribution in [0.3, 0.4) is 0 Å². The first-order chi connectivity index (χ1) is 24.4. The van der Waals surface area contributed by atoms with E-state index in [0.29, 0.717) is 31.2 Å². The molecule has 3 heterocycles. The third-order valence-electron chi connectivity index (χ3n) is 11.2. The van der Waals surface area contributed by atoms with E-state index >= 15 is 4.79 Å². The zero-order valence-corrected chi connectivity index (χ0v) is 30.5. The number of aliphatic hydroxyl groups excluding tert-OH is 1. The summed E-state index contributed by atoms with van der Waals surface area (Å²) >= 11 is 0. The van der Waals surface area contributed by atoms with E-state index in [9.17, 15) is 19.5 Å². The third-order valence-corrected chi connectivity index (χ3v) is 11.2. The number of likely N-dealkylation sites (tertiary alicyclic amines) is 1. The molecule has 1 spiro atoms. The summed E-state index contributed by atoms with van der Waals surface area (Å²) in [5.41, 5.74) is 1.92. The quantitative estimate of drug-likeness (QED) is 0.179. The average Bonchev–Trinajstić information content (AvgIpc) is 3.77. The van der Waals surface area contributed by atoms with Crippen molar-refractivity contribution in [1.82, 2.24) is 10.2 Å². The molecule has 9 atom stereocenters. The minimum Gasteiger partial charge on any atom is -0.455 e. The Kier molecular flexibility index (Phi) is 11.9. The minimum absolute atomic E-state index is 0.145. The number of hydrogen-bond acceptors (Lipinski definition) is 7. The highest BCUT2D eigenvalue weighted by Gasteiger charge is 2.76. The van der Waals surface area contributed by atoms with Gasteiger partial charge in [0.2, 0.25) is 11.8 Å². The number of benzene rings is 2. The lowest BCUT2D eigenvalue weighted by atomic mass is 9.70. The van der Waals surface area contributed by atoms with E-state index in [1.54, 1.807) is 24.0 Å². The molecule has 3 fully saturated rings. The molecule has 3 aliphatic heterocycles. The number of esters is 1.